The summed E-state index contributed by atoms with van der Waals surface area (Å²) < 4.78 is 0. The highest BCUT2D eigenvalue weighted by molar-refractivity contribution is 5.42. The van der Waals surface area contributed by atoms with Crippen LogP contribution in [0.3, 0.4) is 0 Å². The molecule has 0 aliphatic rings. The molecule has 4 heteroatoms. The number of nitrogens with zero attached hydrogens (tertiary/aromatic N) is 1. The maximum Gasteiger partial charge on any atom is 0.272 e. The molecule has 0 aromatic heterocycles. The predicted molar refractivity (Wildman–Crippen MR) is 57.8 cm³/mol. The minimum Gasteiger partial charge on any atom is -0.393 e. The molecule has 0 radical (unpaired) electrons. The van der Waals surface area contributed by atoms with Crippen LogP contribution in [0.25, 0.3) is 0 Å². The van der Waals surface area contributed by atoms with Crippen LogP contribution in [0.1, 0.15) is 24.5 Å². The zero-order valence-corrected chi connectivity index (χ0v) is 8.93. The lowest BCUT2D eigenvalue weighted by atomic mass is 10.0. The van der Waals surface area contributed by atoms with E-state index in [-0.39, 0.29) is 10.6 Å². The van der Waals surface area contributed by atoms with Gasteiger partial charge < -0.3 is 5.11 Å². The van der Waals surface area contributed by atoms with Crippen molar-refractivity contribution in [1.82, 2.24) is 0 Å². The third-order valence-corrected chi connectivity index (χ3v) is 2.26. The molecule has 0 saturated heterocycles. The van der Waals surface area contributed by atoms with Crippen LogP contribution in [-0.4, -0.2) is 16.1 Å². The number of nitro groups is 1. The Morgan fingerprint density at radius 3 is 2.73 bits per heavy atom. The van der Waals surface area contributed by atoms with Crippen LogP contribution < -0.4 is 0 Å². The molecule has 1 N–H and O–H groups in total. The minimum absolute atomic E-state index is 0.140. The Hall–Kier alpha value is -1.42. The molecular formula is C11H15NO3. The normalized spacial score (nSPS) is 12.5. The molecule has 0 amide bonds. The number of hydrogen-bond acceptors (Lipinski definition) is 3. The minimum atomic E-state index is -0.426. The van der Waals surface area contributed by atoms with E-state index in [1.165, 1.54) is 6.07 Å². The van der Waals surface area contributed by atoms with Crippen LogP contribution in [0.4, 0.5) is 5.69 Å². The van der Waals surface area contributed by atoms with Crippen molar-refractivity contribution in [2.24, 2.45) is 0 Å². The smallest absolute Gasteiger partial charge is 0.272 e. The van der Waals surface area contributed by atoms with Crippen molar-refractivity contribution >= 4 is 5.69 Å². The number of aliphatic hydroxyl groups excluding tert-OH is 1. The van der Waals surface area contributed by atoms with E-state index in [2.05, 4.69) is 0 Å². The summed E-state index contributed by atoms with van der Waals surface area (Å²) in [5.41, 5.74) is 1.84. The quantitative estimate of drug-likeness (QED) is 0.610. The molecule has 0 aliphatic carbocycles. The Balaban J connectivity index is 2.92. The summed E-state index contributed by atoms with van der Waals surface area (Å²) >= 11 is 0. The van der Waals surface area contributed by atoms with E-state index in [0.29, 0.717) is 18.4 Å². The highest BCUT2D eigenvalue weighted by Gasteiger charge is 2.13. The van der Waals surface area contributed by atoms with E-state index in [0.717, 1.165) is 5.56 Å². The summed E-state index contributed by atoms with van der Waals surface area (Å²) in [4.78, 5) is 10.3. The highest BCUT2D eigenvalue weighted by atomic mass is 16.6. The molecule has 0 aliphatic heterocycles. The molecule has 1 rings (SSSR count). The summed E-state index contributed by atoms with van der Waals surface area (Å²) in [7, 11) is 0. The summed E-state index contributed by atoms with van der Waals surface area (Å²) in [5, 5.41) is 19.9. The predicted octanol–water partition coefficient (Wildman–Crippen LogP) is 2.22. The molecule has 0 fully saturated rings. The van der Waals surface area contributed by atoms with E-state index in [9.17, 15) is 10.1 Å². The van der Waals surface area contributed by atoms with Crippen LogP contribution in [0.15, 0.2) is 18.2 Å². The van der Waals surface area contributed by atoms with Crippen molar-refractivity contribution in [3.8, 4) is 0 Å². The second kappa shape index (κ2) is 4.89. The van der Waals surface area contributed by atoms with Crippen molar-refractivity contribution in [2.75, 3.05) is 0 Å². The van der Waals surface area contributed by atoms with Gasteiger partial charge in [0.15, 0.2) is 0 Å². The summed E-state index contributed by atoms with van der Waals surface area (Å²) in [5.74, 6) is 0. The largest absolute Gasteiger partial charge is 0.393 e. The molecule has 82 valence electrons. The Kier molecular flexibility index (Phi) is 3.80. The van der Waals surface area contributed by atoms with Gasteiger partial charge in [-0.1, -0.05) is 11.6 Å². The lowest BCUT2D eigenvalue weighted by molar-refractivity contribution is -0.385. The van der Waals surface area contributed by atoms with Crippen LogP contribution in [0, 0.1) is 17.0 Å². The molecular weight excluding hydrogens is 194 g/mol. The van der Waals surface area contributed by atoms with Crippen molar-refractivity contribution < 1.29 is 10.0 Å². The molecule has 0 heterocycles. The maximum absolute atomic E-state index is 10.7. The zero-order valence-electron chi connectivity index (χ0n) is 8.93. The number of aryl methyl sites for hydroxylation is 2. The van der Waals surface area contributed by atoms with Gasteiger partial charge in [0.25, 0.3) is 5.69 Å². The Morgan fingerprint density at radius 2 is 2.20 bits per heavy atom. The first kappa shape index (κ1) is 11.7. The maximum atomic E-state index is 10.7. The van der Waals surface area contributed by atoms with Gasteiger partial charge in [0.1, 0.15) is 0 Å². The van der Waals surface area contributed by atoms with Gasteiger partial charge in [-0.2, -0.15) is 0 Å². The van der Waals surface area contributed by atoms with Crippen LogP contribution in [-0.2, 0) is 6.42 Å². The second-order valence-corrected chi connectivity index (χ2v) is 3.78. The Bertz CT molecular complexity index is 361. The molecule has 1 unspecified atom stereocenters. The van der Waals surface area contributed by atoms with Gasteiger partial charge in [0.2, 0.25) is 0 Å². The summed E-state index contributed by atoms with van der Waals surface area (Å²) in [6.45, 7) is 3.58. The molecule has 1 aromatic carbocycles. The zero-order chi connectivity index (χ0) is 11.4. The van der Waals surface area contributed by atoms with Gasteiger partial charge in [-0.15, -0.1) is 0 Å². The topological polar surface area (TPSA) is 63.4 Å². The van der Waals surface area contributed by atoms with E-state index in [1.807, 2.05) is 6.92 Å². The lowest BCUT2D eigenvalue weighted by Crippen LogP contribution is -2.03. The Labute approximate surface area is 88.7 Å². The molecule has 15 heavy (non-hydrogen) atoms. The summed E-state index contributed by atoms with van der Waals surface area (Å²) in [6.07, 6.45) is 0.657. The van der Waals surface area contributed by atoms with Crippen molar-refractivity contribution in [3.63, 3.8) is 0 Å². The van der Waals surface area contributed by atoms with E-state index >= 15 is 0 Å². The number of aliphatic hydroxyl groups is 1. The van der Waals surface area contributed by atoms with Gasteiger partial charge in [0, 0.05) is 11.6 Å². The molecule has 0 spiro atoms. The average Bonchev–Trinajstić information content (AvgIpc) is 2.14. The van der Waals surface area contributed by atoms with Gasteiger partial charge in [-0.3, -0.25) is 10.1 Å². The lowest BCUT2D eigenvalue weighted by Gasteiger charge is -2.05. The standard InChI is InChI=1S/C11H15NO3/c1-8-3-6-11(12(14)15)10(7-8)5-4-9(2)13/h3,6-7,9,13H,4-5H2,1-2H3. The first-order chi connectivity index (χ1) is 7.00. The highest BCUT2D eigenvalue weighted by Crippen LogP contribution is 2.21. The number of rotatable bonds is 4. The number of benzene rings is 1. The first-order valence-electron chi connectivity index (χ1n) is 4.92. The third kappa shape index (κ3) is 3.32. The first-order valence-corrected chi connectivity index (χ1v) is 4.92. The van der Waals surface area contributed by atoms with Gasteiger partial charge in [-0.25, -0.2) is 0 Å². The second-order valence-electron chi connectivity index (χ2n) is 3.78. The average molecular weight is 209 g/mol. The van der Waals surface area contributed by atoms with Crippen LogP contribution in [0.2, 0.25) is 0 Å². The number of nitro benzene ring substituents is 1. The van der Waals surface area contributed by atoms with Gasteiger partial charge >= 0.3 is 0 Å². The van der Waals surface area contributed by atoms with Gasteiger partial charge in [-0.05, 0) is 32.8 Å². The molecule has 1 aromatic rings. The molecule has 4 nitrogen and oxygen atoms in total. The van der Waals surface area contributed by atoms with E-state index in [4.69, 9.17) is 5.11 Å². The third-order valence-electron chi connectivity index (χ3n) is 2.26. The monoisotopic (exact) mass is 209 g/mol. The van der Waals surface area contributed by atoms with Crippen molar-refractivity contribution in [1.29, 1.82) is 0 Å². The van der Waals surface area contributed by atoms with E-state index in [1.54, 1.807) is 19.1 Å². The number of hydrogen-bond donors (Lipinski definition) is 1. The van der Waals surface area contributed by atoms with Crippen molar-refractivity contribution in [3.05, 3.63) is 39.4 Å². The SMILES string of the molecule is Cc1ccc([N+](=O)[O-])c(CCC(C)O)c1. The fourth-order valence-electron chi connectivity index (χ4n) is 1.46. The molecule has 1 atom stereocenters. The fraction of sp³-hybridized carbons (Fsp3) is 0.455. The van der Waals surface area contributed by atoms with Crippen molar-refractivity contribution in [2.45, 2.75) is 32.8 Å². The Morgan fingerprint density at radius 1 is 1.53 bits per heavy atom. The van der Waals surface area contributed by atoms with E-state index < -0.39 is 6.10 Å². The van der Waals surface area contributed by atoms with Crippen LogP contribution in [0.5, 0.6) is 0 Å². The van der Waals surface area contributed by atoms with Crippen LogP contribution >= 0.6 is 0 Å². The summed E-state index contributed by atoms with van der Waals surface area (Å²) in [6, 6.07) is 5.05. The molecule has 0 bridgehead atoms. The fourth-order valence-corrected chi connectivity index (χ4v) is 1.46. The van der Waals surface area contributed by atoms with Gasteiger partial charge in [0.05, 0.1) is 11.0 Å². The molecule has 0 saturated carbocycles.